The molecule has 5 atom stereocenters. The highest BCUT2D eigenvalue weighted by molar-refractivity contribution is 6.02. The van der Waals surface area contributed by atoms with Crippen LogP contribution < -0.4 is 0 Å². The van der Waals surface area contributed by atoms with Gasteiger partial charge in [-0.25, -0.2) is 4.99 Å². The molecule has 0 radical (unpaired) electrons. The lowest BCUT2D eigenvalue weighted by atomic mass is 9.95. The lowest BCUT2D eigenvalue weighted by Crippen LogP contribution is -2.36. The molecule has 8 heteroatoms. The number of rotatable bonds is 4. The van der Waals surface area contributed by atoms with Gasteiger partial charge in [-0.15, -0.1) is 0 Å². The van der Waals surface area contributed by atoms with Gasteiger partial charge in [0.15, 0.2) is 12.3 Å². The Morgan fingerprint density at radius 3 is 2.86 bits per heavy atom. The Balaban J connectivity index is 1.67. The van der Waals surface area contributed by atoms with E-state index in [1.165, 1.54) is 0 Å². The second kappa shape index (κ2) is 7.31. The number of hydrogen-bond donors (Lipinski definition) is 2. The van der Waals surface area contributed by atoms with E-state index in [1.807, 2.05) is 25.1 Å². The van der Waals surface area contributed by atoms with E-state index in [1.54, 1.807) is 36.5 Å². The van der Waals surface area contributed by atoms with Gasteiger partial charge in [0.05, 0.1) is 6.26 Å². The van der Waals surface area contributed by atoms with E-state index >= 15 is 0 Å². The quantitative estimate of drug-likeness (QED) is 0.788. The van der Waals surface area contributed by atoms with Crippen LogP contribution in [0.2, 0.25) is 0 Å². The predicted octanol–water partition coefficient (Wildman–Crippen LogP) is 2.02. The number of fused-ring (bicyclic) bond motifs is 1. The molecular formula is C20H22N4O4. The van der Waals surface area contributed by atoms with Crippen molar-refractivity contribution in [3.8, 4) is 0 Å². The van der Waals surface area contributed by atoms with Gasteiger partial charge in [0.2, 0.25) is 0 Å². The first-order valence-electron chi connectivity index (χ1n) is 8.95. The zero-order valence-corrected chi connectivity index (χ0v) is 15.6. The van der Waals surface area contributed by atoms with Gasteiger partial charge in [-0.3, -0.25) is 9.98 Å². The van der Waals surface area contributed by atoms with Gasteiger partial charge < -0.3 is 24.3 Å². The predicted molar refractivity (Wildman–Crippen MR) is 105 cm³/mol. The Morgan fingerprint density at radius 2 is 2.11 bits per heavy atom. The molecular weight excluding hydrogens is 360 g/mol. The SMILES string of the molecule is C=Nc1c(/C(C)=N\C)ccn1[C@@H]1O[C@H]([C@@H]2OC=Cc3ccncc32)[C@@H](O)[C@H]1O. The van der Waals surface area contributed by atoms with Crippen molar-refractivity contribution in [1.29, 1.82) is 0 Å². The number of hydrogen-bond acceptors (Lipinski definition) is 7. The Kier molecular flexibility index (Phi) is 4.84. The first-order chi connectivity index (χ1) is 13.6. The first-order valence-corrected chi connectivity index (χ1v) is 8.95. The summed E-state index contributed by atoms with van der Waals surface area (Å²) in [6, 6.07) is 3.70. The molecule has 28 heavy (non-hydrogen) atoms. The average molecular weight is 382 g/mol. The fourth-order valence-electron chi connectivity index (χ4n) is 3.71. The number of aliphatic imine (C=N–C) groups is 2. The summed E-state index contributed by atoms with van der Waals surface area (Å²) in [6.07, 6.45) is 3.98. The first kappa shape index (κ1) is 18.5. The Labute approximate surface area is 162 Å². The maximum absolute atomic E-state index is 10.7. The van der Waals surface area contributed by atoms with Gasteiger partial charge in [-0.1, -0.05) is 0 Å². The Morgan fingerprint density at radius 1 is 1.29 bits per heavy atom. The summed E-state index contributed by atoms with van der Waals surface area (Å²) >= 11 is 0. The van der Waals surface area contributed by atoms with E-state index in [9.17, 15) is 10.2 Å². The molecule has 0 bridgehead atoms. The minimum absolute atomic E-state index is 0.520. The second-order valence-electron chi connectivity index (χ2n) is 6.76. The van der Waals surface area contributed by atoms with Crippen LogP contribution >= 0.6 is 0 Å². The van der Waals surface area contributed by atoms with Crippen LogP contribution in [-0.2, 0) is 9.47 Å². The number of nitrogens with zero attached hydrogens (tertiary/aromatic N) is 4. The molecule has 2 aliphatic heterocycles. The summed E-state index contributed by atoms with van der Waals surface area (Å²) < 4.78 is 13.5. The topological polar surface area (TPSA) is 101 Å². The van der Waals surface area contributed by atoms with Crippen LogP contribution in [0.25, 0.3) is 6.08 Å². The van der Waals surface area contributed by atoms with Crippen LogP contribution in [-0.4, -0.2) is 57.6 Å². The molecule has 2 aliphatic rings. The molecule has 0 saturated carbocycles. The van der Waals surface area contributed by atoms with Crippen LogP contribution in [0.4, 0.5) is 5.82 Å². The van der Waals surface area contributed by atoms with Gasteiger partial charge in [-0.2, -0.15) is 0 Å². The Hall–Kier alpha value is -2.81. The molecule has 4 heterocycles. The fourth-order valence-corrected chi connectivity index (χ4v) is 3.71. The van der Waals surface area contributed by atoms with E-state index in [0.717, 1.165) is 22.4 Å². The summed E-state index contributed by atoms with van der Waals surface area (Å²) in [5, 5.41) is 21.4. The molecule has 0 spiro atoms. The molecule has 0 aromatic carbocycles. The van der Waals surface area contributed by atoms with E-state index < -0.39 is 30.6 Å². The molecule has 8 nitrogen and oxygen atoms in total. The van der Waals surface area contributed by atoms with Crippen molar-refractivity contribution < 1.29 is 19.7 Å². The van der Waals surface area contributed by atoms with E-state index in [-0.39, 0.29) is 0 Å². The minimum Gasteiger partial charge on any atom is -0.490 e. The molecule has 1 fully saturated rings. The third kappa shape index (κ3) is 2.86. The normalized spacial score (nSPS) is 29.4. The van der Waals surface area contributed by atoms with Crippen molar-refractivity contribution in [2.24, 2.45) is 9.98 Å². The molecule has 0 aliphatic carbocycles. The molecule has 0 amide bonds. The number of ether oxygens (including phenoxy) is 2. The van der Waals surface area contributed by atoms with Crippen molar-refractivity contribution in [3.63, 3.8) is 0 Å². The van der Waals surface area contributed by atoms with Crippen molar-refractivity contribution in [3.05, 3.63) is 53.7 Å². The van der Waals surface area contributed by atoms with Crippen LogP contribution in [0, 0.1) is 0 Å². The summed E-state index contributed by atoms with van der Waals surface area (Å²) in [4.78, 5) is 12.4. The average Bonchev–Trinajstić information content (AvgIpc) is 3.28. The lowest BCUT2D eigenvalue weighted by Gasteiger charge is -2.28. The molecule has 0 unspecified atom stereocenters. The number of aliphatic hydroxyl groups is 2. The standard InChI is InChI=1S/C20H22N4O4/c1-11(21-2)13-5-8-24(19(13)22-3)20-16(26)15(25)18(28-20)17-14-10-23-7-4-12(14)6-9-27-17/h4-10,15-18,20,25-26H,3H2,1-2H3/b21-11-/t15-,16+,17+,18-,20+/m0/s1. The molecule has 146 valence electrons. The van der Waals surface area contributed by atoms with Crippen LogP contribution in [0.3, 0.4) is 0 Å². The fraction of sp³-hybridized carbons (Fsp3) is 0.350. The third-order valence-electron chi connectivity index (χ3n) is 5.28. The van der Waals surface area contributed by atoms with Crippen molar-refractivity contribution >= 4 is 24.3 Å². The van der Waals surface area contributed by atoms with Crippen LogP contribution in [0.5, 0.6) is 0 Å². The second-order valence-corrected chi connectivity index (χ2v) is 6.76. The third-order valence-corrected chi connectivity index (χ3v) is 5.28. The molecule has 1 saturated heterocycles. The monoisotopic (exact) mass is 382 g/mol. The van der Waals surface area contributed by atoms with Gasteiger partial charge in [0.1, 0.15) is 24.1 Å². The minimum atomic E-state index is -1.17. The maximum Gasteiger partial charge on any atom is 0.164 e. The summed E-state index contributed by atoms with van der Waals surface area (Å²) in [7, 11) is 1.69. The largest absolute Gasteiger partial charge is 0.490 e. The number of aromatic nitrogens is 2. The van der Waals surface area contributed by atoms with Crippen LogP contribution in [0.1, 0.15) is 35.9 Å². The molecule has 2 N–H and O–H groups in total. The Bertz CT molecular complexity index is 951. The smallest absolute Gasteiger partial charge is 0.164 e. The van der Waals surface area contributed by atoms with E-state index in [2.05, 4.69) is 21.7 Å². The van der Waals surface area contributed by atoms with Gasteiger partial charge in [0, 0.05) is 42.5 Å². The maximum atomic E-state index is 10.7. The molecule has 2 aromatic heterocycles. The van der Waals surface area contributed by atoms with Gasteiger partial charge in [-0.05, 0) is 37.4 Å². The van der Waals surface area contributed by atoms with Crippen molar-refractivity contribution in [2.45, 2.75) is 37.6 Å². The van der Waals surface area contributed by atoms with Crippen molar-refractivity contribution in [1.82, 2.24) is 9.55 Å². The van der Waals surface area contributed by atoms with E-state index in [0.29, 0.717) is 5.82 Å². The van der Waals surface area contributed by atoms with Gasteiger partial charge >= 0.3 is 0 Å². The highest BCUT2D eigenvalue weighted by Crippen LogP contribution is 2.42. The molecule has 4 rings (SSSR count). The molecule has 2 aromatic rings. The summed E-state index contributed by atoms with van der Waals surface area (Å²) in [5.74, 6) is 0.520. The van der Waals surface area contributed by atoms with E-state index in [4.69, 9.17) is 9.47 Å². The highest BCUT2D eigenvalue weighted by Gasteiger charge is 2.49. The summed E-state index contributed by atoms with van der Waals surface area (Å²) in [5.41, 5.74) is 3.31. The highest BCUT2D eigenvalue weighted by atomic mass is 16.6. The van der Waals surface area contributed by atoms with Gasteiger partial charge in [0.25, 0.3) is 0 Å². The zero-order chi connectivity index (χ0) is 19.8. The van der Waals surface area contributed by atoms with Crippen molar-refractivity contribution in [2.75, 3.05) is 7.05 Å². The zero-order valence-electron chi connectivity index (χ0n) is 15.6. The number of pyridine rings is 1. The summed E-state index contributed by atoms with van der Waals surface area (Å²) in [6.45, 7) is 5.49. The number of aliphatic hydroxyl groups excluding tert-OH is 2. The van der Waals surface area contributed by atoms with Crippen LogP contribution in [0.15, 0.2) is 47.0 Å². The lowest BCUT2D eigenvalue weighted by molar-refractivity contribution is -0.0896.